The van der Waals surface area contributed by atoms with Crippen molar-refractivity contribution >= 4 is 34.2 Å². The highest BCUT2D eigenvalue weighted by Crippen LogP contribution is 2.37. The summed E-state index contributed by atoms with van der Waals surface area (Å²) in [7, 11) is 1.61. The fourth-order valence-corrected chi connectivity index (χ4v) is 3.54. The number of methoxy groups -OCH3 is 1. The largest absolute Gasteiger partial charge is 0.496 e. The zero-order valence-corrected chi connectivity index (χ0v) is 16.3. The van der Waals surface area contributed by atoms with Crippen LogP contribution in [0.25, 0.3) is 11.1 Å². The molecule has 0 radical (unpaired) electrons. The van der Waals surface area contributed by atoms with Gasteiger partial charge in [0.2, 0.25) is 0 Å². The second-order valence-electron chi connectivity index (χ2n) is 5.69. The van der Waals surface area contributed by atoms with Gasteiger partial charge in [-0.1, -0.05) is 12.1 Å². The number of alkyl halides is 3. The van der Waals surface area contributed by atoms with E-state index in [9.17, 15) is 18.0 Å². The van der Waals surface area contributed by atoms with E-state index >= 15 is 0 Å². The van der Waals surface area contributed by atoms with Crippen LogP contribution in [-0.4, -0.2) is 19.2 Å². The minimum atomic E-state index is -4.92. The Morgan fingerprint density at radius 2 is 1.76 bits per heavy atom. The van der Waals surface area contributed by atoms with Gasteiger partial charge in [0.05, 0.1) is 12.8 Å². The van der Waals surface area contributed by atoms with E-state index in [2.05, 4.69) is 0 Å². The van der Waals surface area contributed by atoms with Crippen molar-refractivity contribution in [3.63, 3.8) is 0 Å². The highest BCUT2D eigenvalue weighted by Gasteiger charge is 2.38. The second-order valence-corrected chi connectivity index (χ2v) is 6.85. The molecule has 3 nitrogen and oxygen atoms in total. The quantitative estimate of drug-likeness (QED) is 0.620. The summed E-state index contributed by atoms with van der Waals surface area (Å²) < 4.78 is 43.2. The van der Waals surface area contributed by atoms with Crippen LogP contribution in [0, 0.1) is 24.3 Å². The van der Waals surface area contributed by atoms with Crippen LogP contribution in [0.3, 0.4) is 0 Å². The van der Waals surface area contributed by atoms with Gasteiger partial charge in [-0.05, 0) is 83.3 Å². The smallest absolute Gasteiger partial charge is 0.471 e. The van der Waals surface area contributed by atoms with E-state index in [4.69, 9.17) is 4.74 Å². The van der Waals surface area contributed by atoms with Gasteiger partial charge in [-0.2, -0.15) is 13.2 Å². The Morgan fingerprint density at radius 3 is 2.28 bits per heavy atom. The van der Waals surface area contributed by atoms with Crippen molar-refractivity contribution in [3.05, 3.63) is 44.5 Å². The number of halogens is 4. The zero-order valence-electron chi connectivity index (χ0n) is 14.1. The average molecular weight is 463 g/mol. The fourth-order valence-electron chi connectivity index (χ4n) is 2.89. The summed E-state index contributed by atoms with van der Waals surface area (Å²) in [5.41, 5.74) is 4.96. The Bertz CT molecular complexity index is 832. The third-order valence-electron chi connectivity index (χ3n) is 3.87. The molecular formula is C18H17F3INO2. The maximum atomic E-state index is 12.4. The number of anilines is 1. The molecule has 0 aliphatic rings. The summed E-state index contributed by atoms with van der Waals surface area (Å²) in [6.07, 6.45) is -4.92. The summed E-state index contributed by atoms with van der Waals surface area (Å²) in [5, 5.41) is 1.89. The molecule has 0 aliphatic carbocycles. The molecule has 0 heterocycles. The molecule has 2 aromatic rings. The predicted molar refractivity (Wildman–Crippen MR) is 100 cm³/mol. The third kappa shape index (κ3) is 4.08. The van der Waals surface area contributed by atoms with Crippen LogP contribution in [0.1, 0.15) is 16.7 Å². The number of hydrogen-bond donors (Lipinski definition) is 1. The SMILES string of the molecule is COc1c(C)cc(C)c(-c2ccc(NC(=O)C(F)(F)F)c(I)c2)c1C. The normalized spacial score (nSPS) is 11.4. The first-order chi connectivity index (χ1) is 11.6. The van der Waals surface area contributed by atoms with Crippen LogP contribution in [0.2, 0.25) is 0 Å². The Kier molecular flexibility index (Phi) is 5.65. The molecule has 134 valence electrons. The molecule has 0 saturated heterocycles. The van der Waals surface area contributed by atoms with E-state index in [-0.39, 0.29) is 5.69 Å². The lowest BCUT2D eigenvalue weighted by Crippen LogP contribution is -2.30. The van der Waals surface area contributed by atoms with Gasteiger partial charge in [-0.15, -0.1) is 0 Å². The molecule has 0 unspecified atom stereocenters. The van der Waals surface area contributed by atoms with Crippen molar-refractivity contribution < 1.29 is 22.7 Å². The van der Waals surface area contributed by atoms with Gasteiger partial charge in [0.25, 0.3) is 0 Å². The van der Waals surface area contributed by atoms with E-state index in [0.29, 0.717) is 3.57 Å². The minimum absolute atomic E-state index is 0.126. The fraction of sp³-hybridized carbons (Fsp3) is 0.278. The maximum Gasteiger partial charge on any atom is 0.471 e. The molecule has 0 saturated carbocycles. The summed E-state index contributed by atoms with van der Waals surface area (Å²) in [6, 6.07) is 6.92. The predicted octanol–water partition coefficient (Wildman–Crippen LogP) is 5.39. The van der Waals surface area contributed by atoms with Crippen molar-refractivity contribution in [3.8, 4) is 16.9 Å². The van der Waals surface area contributed by atoms with Gasteiger partial charge >= 0.3 is 12.1 Å². The molecule has 0 spiro atoms. The van der Waals surface area contributed by atoms with E-state index in [1.54, 1.807) is 19.2 Å². The summed E-state index contributed by atoms with van der Waals surface area (Å²) in [5.74, 6) is -1.20. The third-order valence-corrected chi connectivity index (χ3v) is 4.76. The van der Waals surface area contributed by atoms with Gasteiger partial charge in [0, 0.05) is 3.57 Å². The number of ether oxygens (including phenoxy) is 1. The first-order valence-electron chi connectivity index (χ1n) is 7.39. The number of rotatable bonds is 3. The van der Waals surface area contributed by atoms with Gasteiger partial charge < -0.3 is 10.1 Å². The van der Waals surface area contributed by atoms with Crippen LogP contribution in [0.5, 0.6) is 5.75 Å². The van der Waals surface area contributed by atoms with Crippen LogP contribution < -0.4 is 10.1 Å². The lowest BCUT2D eigenvalue weighted by Gasteiger charge is -2.17. The monoisotopic (exact) mass is 463 g/mol. The number of carbonyl (C=O) groups is 1. The molecular weight excluding hydrogens is 446 g/mol. The van der Waals surface area contributed by atoms with Gasteiger partial charge in [-0.25, -0.2) is 0 Å². The molecule has 0 bridgehead atoms. The summed E-state index contributed by atoms with van der Waals surface area (Å²) in [4.78, 5) is 11.1. The van der Waals surface area contributed by atoms with Crippen LogP contribution in [0.15, 0.2) is 24.3 Å². The Morgan fingerprint density at radius 1 is 1.12 bits per heavy atom. The number of amides is 1. The van der Waals surface area contributed by atoms with Crippen molar-refractivity contribution in [2.45, 2.75) is 26.9 Å². The van der Waals surface area contributed by atoms with Gasteiger partial charge in [0.1, 0.15) is 5.75 Å². The molecule has 25 heavy (non-hydrogen) atoms. The number of benzene rings is 2. The van der Waals surface area contributed by atoms with Crippen molar-refractivity contribution in [1.29, 1.82) is 0 Å². The Labute approximate surface area is 157 Å². The average Bonchev–Trinajstić information content (AvgIpc) is 2.48. The first-order valence-corrected chi connectivity index (χ1v) is 8.47. The summed E-state index contributed by atoms with van der Waals surface area (Å²) in [6.45, 7) is 5.88. The van der Waals surface area contributed by atoms with Crippen LogP contribution in [0.4, 0.5) is 18.9 Å². The van der Waals surface area contributed by atoms with Crippen molar-refractivity contribution in [2.24, 2.45) is 0 Å². The lowest BCUT2D eigenvalue weighted by atomic mass is 9.92. The number of hydrogen-bond acceptors (Lipinski definition) is 2. The first kappa shape index (κ1) is 19.6. The highest BCUT2D eigenvalue weighted by atomic mass is 127. The van der Waals surface area contributed by atoms with E-state index in [0.717, 1.165) is 33.6 Å². The molecule has 0 fully saturated rings. The van der Waals surface area contributed by atoms with Crippen LogP contribution in [-0.2, 0) is 4.79 Å². The molecule has 0 atom stereocenters. The van der Waals surface area contributed by atoms with Crippen LogP contribution >= 0.6 is 22.6 Å². The summed E-state index contributed by atoms with van der Waals surface area (Å²) >= 11 is 1.91. The lowest BCUT2D eigenvalue weighted by molar-refractivity contribution is -0.167. The second kappa shape index (κ2) is 7.23. The van der Waals surface area contributed by atoms with E-state index in [1.165, 1.54) is 6.07 Å². The number of aryl methyl sites for hydroxylation is 2. The number of nitrogens with one attached hydrogen (secondary N) is 1. The van der Waals surface area contributed by atoms with E-state index < -0.39 is 12.1 Å². The molecule has 2 rings (SSSR count). The Hall–Kier alpha value is -1.77. The zero-order chi connectivity index (χ0) is 18.9. The molecule has 7 heteroatoms. The minimum Gasteiger partial charge on any atom is -0.496 e. The molecule has 1 amide bonds. The van der Waals surface area contributed by atoms with E-state index in [1.807, 2.05) is 54.7 Å². The molecule has 2 aromatic carbocycles. The Balaban J connectivity index is 2.47. The molecule has 0 aliphatic heterocycles. The van der Waals surface area contributed by atoms with Crippen molar-refractivity contribution in [1.82, 2.24) is 0 Å². The van der Waals surface area contributed by atoms with Crippen molar-refractivity contribution in [2.75, 3.05) is 12.4 Å². The van der Waals surface area contributed by atoms with Gasteiger partial charge in [-0.3, -0.25) is 4.79 Å². The standard InChI is InChI=1S/C18H17F3INO2/c1-9-7-10(2)16(25-4)11(3)15(9)12-5-6-14(13(22)8-12)23-17(24)18(19,20)21/h5-8H,1-4H3,(H,23,24). The maximum absolute atomic E-state index is 12.4. The van der Waals surface area contributed by atoms with Gasteiger partial charge in [0.15, 0.2) is 0 Å². The highest BCUT2D eigenvalue weighted by molar-refractivity contribution is 14.1. The topological polar surface area (TPSA) is 38.3 Å². The molecule has 0 aromatic heterocycles. The molecule has 1 N–H and O–H groups in total. The number of carbonyl (C=O) groups excluding carboxylic acids is 1.